The van der Waals surface area contributed by atoms with Crippen molar-refractivity contribution < 1.29 is 19.4 Å². The number of carbonyl (C=O) groups is 2. The highest BCUT2D eigenvalue weighted by molar-refractivity contribution is 5.94. The quantitative estimate of drug-likeness (QED) is 0.802. The summed E-state index contributed by atoms with van der Waals surface area (Å²) in [4.78, 5) is 22.1. The third-order valence-corrected chi connectivity index (χ3v) is 2.94. The number of methoxy groups -OCH3 is 1. The normalized spacial score (nSPS) is 10.4. The fraction of sp³-hybridized carbons (Fsp3) is 0.286. The third-order valence-electron chi connectivity index (χ3n) is 2.94. The van der Waals surface area contributed by atoms with Crippen LogP contribution in [-0.2, 0) is 17.8 Å². The number of Topliss-reactive ketones (excluding diaryl/α,β-unsaturated/α-hetero) is 1. The number of carboxylic acids is 1. The monoisotopic (exact) mass is 289 g/mol. The van der Waals surface area contributed by atoms with Crippen LogP contribution < -0.4 is 4.74 Å². The van der Waals surface area contributed by atoms with Gasteiger partial charge in [-0.3, -0.25) is 9.59 Å². The maximum Gasteiger partial charge on any atom is 0.309 e. The average Bonchev–Trinajstić information content (AvgIpc) is 2.85. The van der Waals surface area contributed by atoms with Crippen LogP contribution in [-0.4, -0.2) is 39.0 Å². The van der Waals surface area contributed by atoms with E-state index in [0.717, 1.165) is 5.56 Å². The molecule has 0 atom stereocenters. The van der Waals surface area contributed by atoms with Crippen LogP contribution in [0.4, 0.5) is 0 Å². The summed E-state index contributed by atoms with van der Waals surface area (Å²) in [6.45, 7) is 1.84. The molecular weight excluding hydrogens is 274 g/mol. The molecule has 1 N–H and O–H groups in total. The number of hydrogen-bond acceptors (Lipinski definition) is 5. The Balaban J connectivity index is 2.25. The molecular formula is C14H15N3O4. The Kier molecular flexibility index (Phi) is 4.32. The second kappa shape index (κ2) is 6.17. The van der Waals surface area contributed by atoms with Crippen molar-refractivity contribution in [3.63, 3.8) is 0 Å². The van der Waals surface area contributed by atoms with Crippen molar-refractivity contribution in [1.82, 2.24) is 15.0 Å². The van der Waals surface area contributed by atoms with Gasteiger partial charge in [0.1, 0.15) is 5.75 Å². The minimum absolute atomic E-state index is 0.0379. The van der Waals surface area contributed by atoms with Gasteiger partial charge in [-0.25, -0.2) is 4.68 Å². The standard InChI is InChI=1S/C14H15N3O4/c1-9(18)10-3-4-13(21-2)11(5-10)7-17-8-12(15-16-17)6-14(19)20/h3-5,8H,6-7H2,1-2H3,(H,19,20). The van der Waals surface area contributed by atoms with Crippen molar-refractivity contribution in [3.05, 3.63) is 41.2 Å². The fourth-order valence-electron chi connectivity index (χ4n) is 1.95. The van der Waals surface area contributed by atoms with Gasteiger partial charge < -0.3 is 9.84 Å². The summed E-state index contributed by atoms with van der Waals surface area (Å²) in [7, 11) is 1.55. The van der Waals surface area contributed by atoms with Gasteiger partial charge in [-0.05, 0) is 25.1 Å². The predicted octanol–water partition coefficient (Wildman–Crippen LogP) is 1.16. The van der Waals surface area contributed by atoms with E-state index < -0.39 is 5.97 Å². The highest BCUT2D eigenvalue weighted by atomic mass is 16.5. The molecule has 21 heavy (non-hydrogen) atoms. The van der Waals surface area contributed by atoms with Gasteiger partial charge in [0.25, 0.3) is 0 Å². The van der Waals surface area contributed by atoms with Gasteiger partial charge in [0.2, 0.25) is 0 Å². The van der Waals surface area contributed by atoms with E-state index in [2.05, 4.69) is 10.3 Å². The van der Waals surface area contributed by atoms with Crippen molar-refractivity contribution >= 4 is 11.8 Å². The zero-order chi connectivity index (χ0) is 15.4. The van der Waals surface area contributed by atoms with Gasteiger partial charge >= 0.3 is 5.97 Å². The second-order valence-corrected chi connectivity index (χ2v) is 4.56. The van der Waals surface area contributed by atoms with E-state index in [1.165, 1.54) is 11.6 Å². The minimum atomic E-state index is -0.960. The maximum atomic E-state index is 11.4. The van der Waals surface area contributed by atoms with Crippen LogP contribution in [0.2, 0.25) is 0 Å². The van der Waals surface area contributed by atoms with Gasteiger partial charge in [0.15, 0.2) is 5.78 Å². The Labute approximate surface area is 121 Å². The summed E-state index contributed by atoms with van der Waals surface area (Å²) < 4.78 is 6.77. The minimum Gasteiger partial charge on any atom is -0.496 e. The summed E-state index contributed by atoms with van der Waals surface area (Å²) in [6.07, 6.45) is 1.39. The van der Waals surface area contributed by atoms with Crippen LogP contribution in [0, 0.1) is 0 Å². The van der Waals surface area contributed by atoms with Gasteiger partial charge in [0.05, 0.1) is 25.8 Å². The zero-order valence-electron chi connectivity index (χ0n) is 11.7. The van der Waals surface area contributed by atoms with Crippen molar-refractivity contribution in [2.45, 2.75) is 19.9 Å². The molecule has 110 valence electrons. The molecule has 2 aromatic rings. The van der Waals surface area contributed by atoms with Gasteiger partial charge in [0, 0.05) is 17.3 Å². The lowest BCUT2D eigenvalue weighted by molar-refractivity contribution is -0.136. The molecule has 7 nitrogen and oxygen atoms in total. The van der Waals surface area contributed by atoms with E-state index >= 15 is 0 Å². The molecule has 0 saturated heterocycles. The molecule has 0 saturated carbocycles. The van der Waals surface area contributed by atoms with E-state index in [9.17, 15) is 9.59 Å². The lowest BCUT2D eigenvalue weighted by Gasteiger charge is -2.09. The molecule has 1 aromatic heterocycles. The first-order valence-electron chi connectivity index (χ1n) is 6.28. The molecule has 0 radical (unpaired) electrons. The number of carbonyl (C=O) groups excluding carboxylic acids is 1. The second-order valence-electron chi connectivity index (χ2n) is 4.56. The maximum absolute atomic E-state index is 11.4. The van der Waals surface area contributed by atoms with Gasteiger partial charge in [-0.1, -0.05) is 5.21 Å². The van der Waals surface area contributed by atoms with Crippen LogP contribution in [0.15, 0.2) is 24.4 Å². The van der Waals surface area contributed by atoms with Crippen LogP contribution in [0.3, 0.4) is 0 Å². The first-order chi connectivity index (χ1) is 9.99. The molecule has 0 aliphatic rings. The number of ketones is 1. The Hall–Kier alpha value is -2.70. The number of benzene rings is 1. The SMILES string of the molecule is COc1ccc(C(C)=O)cc1Cn1cc(CC(=O)O)nn1. The van der Waals surface area contributed by atoms with E-state index in [0.29, 0.717) is 23.6 Å². The summed E-state index contributed by atoms with van der Waals surface area (Å²) in [6, 6.07) is 5.16. The third kappa shape index (κ3) is 3.65. The lowest BCUT2D eigenvalue weighted by atomic mass is 10.1. The molecule has 0 aliphatic heterocycles. The average molecular weight is 289 g/mol. The van der Waals surface area contributed by atoms with Crippen molar-refractivity contribution in [2.75, 3.05) is 7.11 Å². The lowest BCUT2D eigenvalue weighted by Crippen LogP contribution is -2.04. The topological polar surface area (TPSA) is 94.3 Å². The van der Waals surface area contributed by atoms with Gasteiger partial charge in [-0.15, -0.1) is 5.10 Å². The summed E-state index contributed by atoms with van der Waals surface area (Å²) >= 11 is 0. The fourth-order valence-corrected chi connectivity index (χ4v) is 1.95. The summed E-state index contributed by atoms with van der Waals surface area (Å²) in [5.74, 6) is -0.363. The molecule has 0 spiro atoms. The molecule has 0 fully saturated rings. The predicted molar refractivity (Wildman–Crippen MR) is 73.5 cm³/mol. The smallest absolute Gasteiger partial charge is 0.309 e. The van der Waals surface area contributed by atoms with Crippen molar-refractivity contribution in [3.8, 4) is 5.75 Å². The molecule has 7 heteroatoms. The van der Waals surface area contributed by atoms with E-state index in [4.69, 9.17) is 9.84 Å². The van der Waals surface area contributed by atoms with E-state index in [-0.39, 0.29) is 12.2 Å². The number of ether oxygens (including phenoxy) is 1. The van der Waals surface area contributed by atoms with Crippen molar-refractivity contribution in [2.24, 2.45) is 0 Å². The van der Waals surface area contributed by atoms with Crippen LogP contribution in [0.5, 0.6) is 5.75 Å². The Morgan fingerprint density at radius 2 is 2.14 bits per heavy atom. The molecule has 0 aliphatic carbocycles. The van der Waals surface area contributed by atoms with Gasteiger partial charge in [-0.2, -0.15) is 0 Å². The number of rotatable bonds is 6. The largest absolute Gasteiger partial charge is 0.496 e. The highest BCUT2D eigenvalue weighted by Crippen LogP contribution is 2.21. The Morgan fingerprint density at radius 3 is 2.76 bits per heavy atom. The molecule has 1 heterocycles. The number of aromatic nitrogens is 3. The molecule has 0 amide bonds. The number of carboxylic acid groups (broad SMARTS) is 1. The molecule has 0 unspecified atom stereocenters. The van der Waals surface area contributed by atoms with E-state index in [1.54, 1.807) is 31.5 Å². The van der Waals surface area contributed by atoms with Crippen LogP contribution in [0.1, 0.15) is 28.5 Å². The van der Waals surface area contributed by atoms with Crippen molar-refractivity contribution in [1.29, 1.82) is 0 Å². The first kappa shape index (κ1) is 14.7. The zero-order valence-corrected chi connectivity index (χ0v) is 11.7. The summed E-state index contributed by atoms with van der Waals surface area (Å²) in [5.41, 5.74) is 1.73. The molecule has 0 bridgehead atoms. The Bertz CT molecular complexity index is 679. The number of aliphatic carboxylic acids is 1. The molecule has 1 aromatic carbocycles. The summed E-state index contributed by atoms with van der Waals surface area (Å²) in [5, 5.41) is 16.4. The first-order valence-corrected chi connectivity index (χ1v) is 6.28. The Morgan fingerprint density at radius 1 is 1.38 bits per heavy atom. The number of nitrogens with zero attached hydrogens (tertiary/aromatic N) is 3. The number of hydrogen-bond donors (Lipinski definition) is 1. The van der Waals surface area contributed by atoms with E-state index in [1.807, 2.05) is 0 Å². The van der Waals surface area contributed by atoms with Crippen LogP contribution >= 0.6 is 0 Å². The van der Waals surface area contributed by atoms with Crippen LogP contribution in [0.25, 0.3) is 0 Å². The highest BCUT2D eigenvalue weighted by Gasteiger charge is 2.10. The molecule has 2 rings (SSSR count).